The lowest BCUT2D eigenvalue weighted by Gasteiger charge is -2.22. The second-order valence-corrected chi connectivity index (χ2v) is 5.68. The van der Waals surface area contributed by atoms with Gasteiger partial charge in [-0.05, 0) is 22.8 Å². The van der Waals surface area contributed by atoms with Gasteiger partial charge in [0, 0.05) is 0 Å². The van der Waals surface area contributed by atoms with Gasteiger partial charge in [0.15, 0.2) is 0 Å². The molecule has 0 spiro atoms. The minimum atomic E-state index is 0.612. The fraction of sp³-hybridized carbons (Fsp3) is 0.286. The van der Waals surface area contributed by atoms with E-state index in [9.17, 15) is 4.79 Å². The van der Waals surface area contributed by atoms with E-state index in [4.69, 9.17) is 0 Å². The Labute approximate surface area is 139 Å². The average Bonchev–Trinajstić information content (AvgIpc) is 2.58. The van der Waals surface area contributed by atoms with Gasteiger partial charge in [0.2, 0.25) is 6.41 Å². The van der Waals surface area contributed by atoms with E-state index in [1.807, 2.05) is 36.4 Å². The minimum Gasteiger partial charge on any atom is -0.310 e. The molecule has 2 aromatic rings. The van der Waals surface area contributed by atoms with Crippen LogP contribution in [0, 0.1) is 0 Å². The van der Waals surface area contributed by atoms with Crippen molar-refractivity contribution in [1.82, 2.24) is 0 Å². The minimum absolute atomic E-state index is 0.612. The Morgan fingerprint density at radius 3 is 2.17 bits per heavy atom. The molecule has 0 saturated heterocycles. The molecule has 0 atom stereocenters. The number of anilines is 1. The molecule has 2 aromatic carbocycles. The topological polar surface area (TPSA) is 20.3 Å². The number of unbranched alkanes of at least 4 members (excludes halogenated alkanes) is 2. The highest BCUT2D eigenvalue weighted by atomic mass is 16.1. The first-order chi connectivity index (χ1) is 11.3. The Balaban J connectivity index is 0.000000338. The van der Waals surface area contributed by atoms with E-state index < -0.39 is 0 Å². The predicted molar refractivity (Wildman–Crippen MR) is 99.3 cm³/mol. The standard InChI is InChI=1S/C16H13NO.C5H12/c18-12-17-11-15-7-2-1-5-13(15)9-10-14-6-3-4-8-16(14)17;1-3-5-4-2/h1-10,12H,11H2;3-5H2,1-2H3/b10-9-;. The van der Waals surface area contributed by atoms with Crippen LogP contribution in [0.3, 0.4) is 0 Å². The quantitative estimate of drug-likeness (QED) is 0.683. The maximum atomic E-state index is 11.3. The highest BCUT2D eigenvalue weighted by Gasteiger charge is 2.13. The number of carbonyl (C=O) groups is 1. The molecule has 1 amide bonds. The van der Waals surface area contributed by atoms with Gasteiger partial charge >= 0.3 is 0 Å². The number of carbonyl (C=O) groups excluding carboxylic acids is 1. The Kier molecular flexibility index (Phi) is 6.61. The third-order valence-electron chi connectivity index (χ3n) is 3.92. The molecule has 0 N–H and O–H groups in total. The van der Waals surface area contributed by atoms with Gasteiger partial charge in [-0.3, -0.25) is 4.79 Å². The van der Waals surface area contributed by atoms with Crippen LogP contribution in [0.2, 0.25) is 0 Å². The second kappa shape index (κ2) is 8.94. The summed E-state index contributed by atoms with van der Waals surface area (Å²) in [6.07, 6.45) is 9.14. The molecular formula is C21H25NO. The van der Waals surface area contributed by atoms with Crippen molar-refractivity contribution in [2.75, 3.05) is 4.90 Å². The highest BCUT2D eigenvalue weighted by Crippen LogP contribution is 2.27. The van der Waals surface area contributed by atoms with Gasteiger partial charge in [-0.25, -0.2) is 0 Å². The summed E-state index contributed by atoms with van der Waals surface area (Å²) >= 11 is 0. The molecule has 120 valence electrons. The molecule has 2 nitrogen and oxygen atoms in total. The van der Waals surface area contributed by atoms with Crippen LogP contribution in [-0.2, 0) is 11.3 Å². The van der Waals surface area contributed by atoms with Gasteiger partial charge in [0.25, 0.3) is 0 Å². The third-order valence-corrected chi connectivity index (χ3v) is 3.92. The lowest BCUT2D eigenvalue weighted by molar-refractivity contribution is -0.107. The summed E-state index contributed by atoms with van der Waals surface area (Å²) in [4.78, 5) is 13.0. The van der Waals surface area contributed by atoms with Crippen molar-refractivity contribution in [3.63, 3.8) is 0 Å². The van der Waals surface area contributed by atoms with Crippen molar-refractivity contribution in [3.05, 3.63) is 65.2 Å². The van der Waals surface area contributed by atoms with Crippen LogP contribution in [0.5, 0.6) is 0 Å². The molecule has 1 aliphatic rings. The summed E-state index contributed by atoms with van der Waals surface area (Å²) in [7, 11) is 0. The van der Waals surface area contributed by atoms with Gasteiger partial charge in [-0.2, -0.15) is 0 Å². The van der Waals surface area contributed by atoms with Crippen LogP contribution in [0.4, 0.5) is 5.69 Å². The zero-order chi connectivity index (χ0) is 16.5. The number of hydrogen-bond donors (Lipinski definition) is 0. The molecule has 0 aromatic heterocycles. The van der Waals surface area contributed by atoms with Crippen LogP contribution < -0.4 is 4.90 Å². The summed E-state index contributed by atoms with van der Waals surface area (Å²) in [5.41, 5.74) is 4.35. The van der Waals surface area contributed by atoms with Gasteiger partial charge in [0.05, 0.1) is 12.2 Å². The fourth-order valence-electron chi connectivity index (χ4n) is 2.63. The Bertz CT molecular complexity index is 658. The molecule has 23 heavy (non-hydrogen) atoms. The van der Waals surface area contributed by atoms with Crippen LogP contribution in [0.1, 0.15) is 49.8 Å². The van der Waals surface area contributed by atoms with E-state index in [0.29, 0.717) is 6.54 Å². The molecule has 1 aliphatic heterocycles. The van der Waals surface area contributed by atoms with E-state index in [1.54, 1.807) is 4.90 Å². The first kappa shape index (κ1) is 17.0. The lowest BCUT2D eigenvalue weighted by Crippen LogP contribution is -2.22. The van der Waals surface area contributed by atoms with E-state index in [1.165, 1.54) is 24.8 Å². The molecular weight excluding hydrogens is 282 g/mol. The van der Waals surface area contributed by atoms with Crippen molar-refractivity contribution in [2.45, 2.75) is 39.7 Å². The molecule has 0 fully saturated rings. The summed E-state index contributed by atoms with van der Waals surface area (Å²) in [5.74, 6) is 0. The number of fused-ring (bicyclic) bond motifs is 2. The van der Waals surface area contributed by atoms with Gasteiger partial charge in [-0.1, -0.05) is 87.7 Å². The summed E-state index contributed by atoms with van der Waals surface area (Å²) in [5, 5.41) is 0. The molecule has 3 rings (SSSR count). The number of nitrogens with zero attached hydrogens (tertiary/aromatic N) is 1. The zero-order valence-electron chi connectivity index (χ0n) is 14.0. The molecule has 0 bridgehead atoms. The number of hydrogen-bond acceptors (Lipinski definition) is 1. The van der Waals surface area contributed by atoms with E-state index in [0.717, 1.165) is 23.2 Å². The van der Waals surface area contributed by atoms with Gasteiger partial charge in [0.1, 0.15) is 0 Å². The smallest absolute Gasteiger partial charge is 0.214 e. The first-order valence-corrected chi connectivity index (χ1v) is 8.37. The van der Waals surface area contributed by atoms with E-state index >= 15 is 0 Å². The monoisotopic (exact) mass is 307 g/mol. The SMILES string of the molecule is CCCCC.O=CN1Cc2ccccc2/C=C\c2ccccc21. The van der Waals surface area contributed by atoms with Crippen molar-refractivity contribution in [1.29, 1.82) is 0 Å². The Hall–Kier alpha value is -2.35. The number of benzene rings is 2. The summed E-state index contributed by atoms with van der Waals surface area (Å²) in [6.45, 7) is 5.04. The van der Waals surface area contributed by atoms with Crippen LogP contribution in [0.25, 0.3) is 12.2 Å². The largest absolute Gasteiger partial charge is 0.310 e. The highest BCUT2D eigenvalue weighted by molar-refractivity contribution is 5.86. The second-order valence-electron chi connectivity index (χ2n) is 5.68. The first-order valence-electron chi connectivity index (χ1n) is 8.37. The van der Waals surface area contributed by atoms with Crippen LogP contribution in [0.15, 0.2) is 48.5 Å². The normalized spacial score (nSPS) is 13.6. The number of para-hydroxylation sites is 1. The molecule has 2 heteroatoms. The number of rotatable bonds is 3. The zero-order valence-corrected chi connectivity index (χ0v) is 14.0. The van der Waals surface area contributed by atoms with Crippen LogP contribution in [-0.4, -0.2) is 6.41 Å². The summed E-state index contributed by atoms with van der Waals surface area (Å²) in [6, 6.07) is 16.1. The number of amides is 1. The van der Waals surface area contributed by atoms with Crippen molar-refractivity contribution in [3.8, 4) is 0 Å². The van der Waals surface area contributed by atoms with Crippen molar-refractivity contribution in [2.24, 2.45) is 0 Å². The molecule has 0 saturated carbocycles. The van der Waals surface area contributed by atoms with Crippen molar-refractivity contribution >= 4 is 24.2 Å². The van der Waals surface area contributed by atoms with E-state index in [-0.39, 0.29) is 0 Å². The maximum Gasteiger partial charge on any atom is 0.214 e. The summed E-state index contributed by atoms with van der Waals surface area (Å²) < 4.78 is 0. The van der Waals surface area contributed by atoms with Gasteiger partial charge < -0.3 is 4.90 Å². The third kappa shape index (κ3) is 4.56. The van der Waals surface area contributed by atoms with Crippen LogP contribution >= 0.6 is 0 Å². The lowest BCUT2D eigenvalue weighted by atomic mass is 10.0. The molecule has 0 unspecified atom stereocenters. The molecule has 1 heterocycles. The molecule has 0 aliphatic carbocycles. The predicted octanol–water partition coefficient (Wildman–Crippen LogP) is 5.53. The van der Waals surface area contributed by atoms with Crippen molar-refractivity contribution < 1.29 is 4.79 Å². The fourth-order valence-corrected chi connectivity index (χ4v) is 2.63. The average molecular weight is 307 g/mol. The maximum absolute atomic E-state index is 11.3. The Morgan fingerprint density at radius 1 is 0.913 bits per heavy atom. The molecule has 0 radical (unpaired) electrons. The van der Waals surface area contributed by atoms with E-state index in [2.05, 4.69) is 38.1 Å². The van der Waals surface area contributed by atoms with Gasteiger partial charge in [-0.15, -0.1) is 0 Å². The Morgan fingerprint density at radius 2 is 1.52 bits per heavy atom.